The third-order valence-electron chi connectivity index (χ3n) is 3.82. The summed E-state index contributed by atoms with van der Waals surface area (Å²) in [5.41, 5.74) is 0. The van der Waals surface area contributed by atoms with E-state index in [1.54, 1.807) is 19.3 Å². The zero-order valence-electron chi connectivity index (χ0n) is 9.87. The monoisotopic (exact) mass is 232 g/mol. The first-order valence-electron chi connectivity index (χ1n) is 6.09. The Hall–Kier alpha value is -1.58. The maximum Gasteiger partial charge on any atom is 0.219 e. The lowest BCUT2D eigenvalue weighted by Gasteiger charge is -2.25. The predicted octanol–water partition coefficient (Wildman–Crippen LogP) is 1.47. The second-order valence-corrected chi connectivity index (χ2v) is 4.85. The number of likely N-dealkylation sites (tertiary alicyclic amines) is 1. The minimum Gasteiger partial charge on any atom is -0.486 e. The molecule has 0 N–H and O–H groups in total. The molecule has 1 aromatic rings. The maximum atomic E-state index is 11.5. The van der Waals surface area contributed by atoms with Gasteiger partial charge in [0.15, 0.2) is 0 Å². The van der Waals surface area contributed by atoms with Crippen molar-refractivity contribution < 1.29 is 9.53 Å². The van der Waals surface area contributed by atoms with Crippen molar-refractivity contribution >= 4 is 5.91 Å². The molecular weight excluding hydrogens is 216 g/mol. The Balaban J connectivity index is 1.75. The number of fused-ring (bicyclic) bond motifs is 2. The summed E-state index contributed by atoms with van der Waals surface area (Å²) in [6.07, 6.45) is 5.85. The fraction of sp³-hybridized carbons (Fsp3) is 0.538. The second kappa shape index (κ2) is 4.02. The van der Waals surface area contributed by atoms with E-state index in [9.17, 15) is 4.79 Å². The van der Waals surface area contributed by atoms with Crippen LogP contribution in [0.1, 0.15) is 19.8 Å². The maximum absolute atomic E-state index is 11.5. The van der Waals surface area contributed by atoms with Gasteiger partial charge in [-0.2, -0.15) is 0 Å². The number of aromatic nitrogens is 1. The van der Waals surface area contributed by atoms with Crippen molar-refractivity contribution in [2.75, 3.05) is 6.54 Å². The van der Waals surface area contributed by atoms with Gasteiger partial charge in [0.2, 0.25) is 5.91 Å². The van der Waals surface area contributed by atoms with Crippen molar-refractivity contribution in [2.24, 2.45) is 5.92 Å². The number of piperidine rings is 1. The summed E-state index contributed by atoms with van der Waals surface area (Å²) in [5, 5.41) is 0. The number of ether oxygens (including phenoxy) is 1. The average Bonchev–Trinajstić information content (AvgIpc) is 2.88. The third kappa shape index (κ3) is 1.77. The molecule has 2 aliphatic rings. The molecule has 1 aromatic heterocycles. The molecule has 3 rings (SSSR count). The molecule has 0 aromatic carbocycles. The summed E-state index contributed by atoms with van der Waals surface area (Å²) in [6, 6.07) is 4.05. The Morgan fingerprint density at radius 1 is 1.53 bits per heavy atom. The first-order valence-corrected chi connectivity index (χ1v) is 6.09. The lowest BCUT2D eigenvalue weighted by Crippen LogP contribution is -2.39. The van der Waals surface area contributed by atoms with E-state index in [1.165, 1.54) is 6.42 Å². The molecular formula is C13H16N2O2. The Labute approximate surface area is 101 Å². The van der Waals surface area contributed by atoms with Gasteiger partial charge in [-0.1, -0.05) is 0 Å². The Morgan fingerprint density at radius 3 is 3.06 bits per heavy atom. The summed E-state index contributed by atoms with van der Waals surface area (Å²) >= 11 is 0. The Morgan fingerprint density at radius 2 is 2.41 bits per heavy atom. The van der Waals surface area contributed by atoms with Crippen LogP contribution in [0.5, 0.6) is 5.75 Å². The molecule has 3 unspecified atom stereocenters. The first kappa shape index (κ1) is 10.6. The van der Waals surface area contributed by atoms with Crippen LogP contribution >= 0.6 is 0 Å². The smallest absolute Gasteiger partial charge is 0.219 e. The van der Waals surface area contributed by atoms with Gasteiger partial charge in [-0.05, 0) is 25.0 Å². The van der Waals surface area contributed by atoms with Gasteiger partial charge < -0.3 is 9.64 Å². The van der Waals surface area contributed by atoms with E-state index in [4.69, 9.17) is 4.74 Å². The first-order chi connectivity index (χ1) is 8.25. The third-order valence-corrected chi connectivity index (χ3v) is 3.82. The van der Waals surface area contributed by atoms with Gasteiger partial charge in [0.1, 0.15) is 11.9 Å². The van der Waals surface area contributed by atoms with Crippen LogP contribution in [0.4, 0.5) is 0 Å². The SMILES string of the molecule is CC(=O)N1CC2CCC1C2Oc1cccnc1. The van der Waals surface area contributed by atoms with Crippen molar-refractivity contribution in [1.29, 1.82) is 0 Å². The van der Waals surface area contributed by atoms with Gasteiger partial charge in [0.25, 0.3) is 0 Å². The Kier molecular flexibility index (Phi) is 2.50. The van der Waals surface area contributed by atoms with E-state index in [0.717, 1.165) is 18.7 Å². The highest BCUT2D eigenvalue weighted by Gasteiger charge is 2.49. The number of rotatable bonds is 2. The fourth-order valence-corrected chi connectivity index (χ4v) is 3.05. The average molecular weight is 232 g/mol. The molecule has 1 aliphatic heterocycles. The zero-order valence-corrected chi connectivity index (χ0v) is 9.87. The van der Waals surface area contributed by atoms with Gasteiger partial charge in [-0.15, -0.1) is 0 Å². The topological polar surface area (TPSA) is 42.4 Å². The van der Waals surface area contributed by atoms with Gasteiger partial charge in [-0.3, -0.25) is 9.78 Å². The van der Waals surface area contributed by atoms with E-state index in [1.807, 2.05) is 17.0 Å². The number of amides is 1. The zero-order chi connectivity index (χ0) is 11.8. The summed E-state index contributed by atoms with van der Waals surface area (Å²) < 4.78 is 5.99. The number of pyridine rings is 1. The molecule has 2 heterocycles. The number of hydrogen-bond donors (Lipinski definition) is 0. The summed E-state index contributed by atoms with van der Waals surface area (Å²) in [6.45, 7) is 2.49. The molecule has 1 aliphatic carbocycles. The van der Waals surface area contributed by atoms with Crippen LogP contribution in [0.2, 0.25) is 0 Å². The number of carbonyl (C=O) groups is 1. The number of hydrogen-bond acceptors (Lipinski definition) is 3. The molecule has 1 amide bonds. The molecule has 2 fully saturated rings. The van der Waals surface area contributed by atoms with Crippen molar-refractivity contribution in [1.82, 2.24) is 9.88 Å². The minimum absolute atomic E-state index is 0.156. The highest BCUT2D eigenvalue weighted by Crippen LogP contribution is 2.40. The fourth-order valence-electron chi connectivity index (χ4n) is 3.05. The number of carbonyl (C=O) groups excluding carboxylic acids is 1. The van der Waals surface area contributed by atoms with Crippen molar-refractivity contribution in [3.05, 3.63) is 24.5 Å². The van der Waals surface area contributed by atoms with E-state index in [-0.39, 0.29) is 18.1 Å². The van der Waals surface area contributed by atoms with E-state index in [2.05, 4.69) is 4.98 Å². The quantitative estimate of drug-likeness (QED) is 0.775. The Bertz CT molecular complexity index is 421. The normalized spacial score (nSPS) is 30.6. The van der Waals surface area contributed by atoms with Gasteiger partial charge >= 0.3 is 0 Å². The lowest BCUT2D eigenvalue weighted by atomic mass is 10.1. The summed E-state index contributed by atoms with van der Waals surface area (Å²) in [5.74, 6) is 1.46. The summed E-state index contributed by atoms with van der Waals surface area (Å²) in [7, 11) is 0. The predicted molar refractivity (Wildman–Crippen MR) is 62.6 cm³/mol. The number of nitrogens with zero attached hydrogens (tertiary/aromatic N) is 2. The van der Waals surface area contributed by atoms with E-state index < -0.39 is 0 Å². The second-order valence-electron chi connectivity index (χ2n) is 4.85. The van der Waals surface area contributed by atoms with Gasteiger partial charge in [-0.25, -0.2) is 0 Å². The molecule has 1 saturated carbocycles. The molecule has 90 valence electrons. The largest absolute Gasteiger partial charge is 0.486 e. The lowest BCUT2D eigenvalue weighted by molar-refractivity contribution is -0.130. The standard InChI is InChI=1S/C13H16N2O2/c1-9(16)15-8-10-4-5-12(15)13(10)17-11-3-2-6-14-7-11/h2-3,6-7,10,12-13H,4-5,8H2,1H3. The highest BCUT2D eigenvalue weighted by atomic mass is 16.5. The molecule has 17 heavy (non-hydrogen) atoms. The highest BCUT2D eigenvalue weighted by molar-refractivity contribution is 5.74. The van der Waals surface area contributed by atoms with E-state index in [0.29, 0.717) is 5.92 Å². The van der Waals surface area contributed by atoms with E-state index >= 15 is 0 Å². The van der Waals surface area contributed by atoms with Crippen LogP contribution in [-0.4, -0.2) is 34.5 Å². The molecule has 3 atom stereocenters. The van der Waals surface area contributed by atoms with Crippen molar-refractivity contribution in [2.45, 2.75) is 31.9 Å². The summed E-state index contributed by atoms with van der Waals surface area (Å²) in [4.78, 5) is 17.5. The minimum atomic E-state index is 0.156. The molecule has 4 nitrogen and oxygen atoms in total. The van der Waals surface area contributed by atoms with Gasteiger partial charge in [0, 0.05) is 25.6 Å². The van der Waals surface area contributed by atoms with Crippen LogP contribution in [0.3, 0.4) is 0 Å². The van der Waals surface area contributed by atoms with Gasteiger partial charge in [0.05, 0.1) is 12.2 Å². The molecule has 0 radical (unpaired) electrons. The van der Waals surface area contributed by atoms with Crippen LogP contribution in [0.15, 0.2) is 24.5 Å². The van der Waals surface area contributed by atoms with Crippen LogP contribution < -0.4 is 4.74 Å². The van der Waals surface area contributed by atoms with Crippen LogP contribution in [0.25, 0.3) is 0 Å². The van der Waals surface area contributed by atoms with Crippen molar-refractivity contribution in [3.8, 4) is 5.75 Å². The van der Waals surface area contributed by atoms with Crippen LogP contribution in [-0.2, 0) is 4.79 Å². The molecule has 4 heteroatoms. The van der Waals surface area contributed by atoms with Crippen molar-refractivity contribution in [3.63, 3.8) is 0 Å². The molecule has 2 bridgehead atoms. The molecule has 0 spiro atoms. The van der Waals surface area contributed by atoms with Crippen LogP contribution in [0, 0.1) is 5.92 Å². The molecule has 1 saturated heterocycles.